The minimum atomic E-state index is -0.174. The number of nitrogens with zero attached hydrogens (tertiary/aromatic N) is 1. The predicted octanol–water partition coefficient (Wildman–Crippen LogP) is 2.71. The first-order valence-corrected chi connectivity index (χ1v) is 7.22. The summed E-state index contributed by atoms with van der Waals surface area (Å²) in [5.41, 5.74) is 5.35. The fourth-order valence-electron chi connectivity index (χ4n) is 2.04. The Balaban J connectivity index is 1.98. The Morgan fingerprint density at radius 1 is 1.13 bits per heavy atom. The Bertz CT molecular complexity index is 694. The van der Waals surface area contributed by atoms with Crippen LogP contribution >= 0.6 is 0 Å². The summed E-state index contributed by atoms with van der Waals surface area (Å²) in [6.45, 7) is 2.01. The number of rotatable bonds is 6. The summed E-state index contributed by atoms with van der Waals surface area (Å²) >= 11 is 0. The van der Waals surface area contributed by atoms with Gasteiger partial charge in [0.15, 0.2) is 0 Å². The molecule has 0 atom stereocenters. The molecular formula is C18H20N2O3. The molecule has 0 fully saturated rings. The number of hydrogen-bond donors (Lipinski definition) is 1. The molecule has 2 rings (SSSR count). The van der Waals surface area contributed by atoms with Gasteiger partial charge in [0.25, 0.3) is 0 Å². The third-order valence-electron chi connectivity index (χ3n) is 3.32. The summed E-state index contributed by atoms with van der Waals surface area (Å²) in [7, 11) is 3.17. The topological polar surface area (TPSA) is 59.9 Å². The normalized spacial score (nSPS) is 10.6. The zero-order valence-corrected chi connectivity index (χ0v) is 13.5. The average molecular weight is 312 g/mol. The summed E-state index contributed by atoms with van der Waals surface area (Å²) in [5.74, 6) is 1.17. The van der Waals surface area contributed by atoms with Crippen molar-refractivity contribution in [1.82, 2.24) is 5.43 Å². The van der Waals surface area contributed by atoms with Crippen LogP contribution in [0.4, 0.5) is 0 Å². The van der Waals surface area contributed by atoms with E-state index in [-0.39, 0.29) is 12.3 Å². The summed E-state index contributed by atoms with van der Waals surface area (Å²) in [6.07, 6.45) is 1.82. The van der Waals surface area contributed by atoms with Crippen molar-refractivity contribution in [2.24, 2.45) is 5.10 Å². The molecule has 5 heteroatoms. The summed E-state index contributed by atoms with van der Waals surface area (Å²) < 4.78 is 10.4. The van der Waals surface area contributed by atoms with E-state index in [0.717, 1.165) is 16.7 Å². The first-order valence-electron chi connectivity index (χ1n) is 7.22. The molecule has 0 bridgehead atoms. The van der Waals surface area contributed by atoms with Crippen molar-refractivity contribution in [2.75, 3.05) is 14.2 Å². The van der Waals surface area contributed by atoms with Crippen LogP contribution in [-0.2, 0) is 11.2 Å². The molecule has 2 aromatic rings. The van der Waals surface area contributed by atoms with Gasteiger partial charge in [-0.05, 0) is 30.7 Å². The SMILES string of the molecule is COc1ccc(OC)c(/C=N\NC(=O)Cc2ccc(C)cc2)c1. The largest absolute Gasteiger partial charge is 0.497 e. The molecule has 0 saturated heterocycles. The molecule has 120 valence electrons. The van der Waals surface area contributed by atoms with E-state index < -0.39 is 0 Å². The fraction of sp³-hybridized carbons (Fsp3) is 0.222. The third-order valence-corrected chi connectivity index (χ3v) is 3.32. The number of carbonyl (C=O) groups is 1. The Morgan fingerprint density at radius 3 is 2.52 bits per heavy atom. The average Bonchev–Trinajstić information content (AvgIpc) is 2.57. The minimum Gasteiger partial charge on any atom is -0.497 e. The van der Waals surface area contributed by atoms with E-state index in [1.54, 1.807) is 32.4 Å². The molecule has 1 amide bonds. The Kier molecular flexibility index (Phi) is 5.74. The maximum absolute atomic E-state index is 11.9. The van der Waals surface area contributed by atoms with Crippen molar-refractivity contribution in [3.05, 3.63) is 59.2 Å². The molecule has 0 heterocycles. The zero-order valence-electron chi connectivity index (χ0n) is 13.5. The highest BCUT2D eigenvalue weighted by atomic mass is 16.5. The van der Waals surface area contributed by atoms with Crippen molar-refractivity contribution < 1.29 is 14.3 Å². The van der Waals surface area contributed by atoms with E-state index in [2.05, 4.69) is 10.5 Å². The molecule has 5 nitrogen and oxygen atoms in total. The lowest BCUT2D eigenvalue weighted by Crippen LogP contribution is -2.19. The summed E-state index contributed by atoms with van der Waals surface area (Å²) in [4.78, 5) is 11.9. The molecule has 0 aromatic heterocycles. The van der Waals surface area contributed by atoms with Crippen molar-refractivity contribution in [1.29, 1.82) is 0 Å². The number of aryl methyl sites for hydroxylation is 1. The van der Waals surface area contributed by atoms with Gasteiger partial charge in [0.1, 0.15) is 11.5 Å². The van der Waals surface area contributed by atoms with Gasteiger partial charge in [0.2, 0.25) is 5.91 Å². The number of hydrogen-bond acceptors (Lipinski definition) is 4. The van der Waals surface area contributed by atoms with Crippen LogP contribution < -0.4 is 14.9 Å². The van der Waals surface area contributed by atoms with Crippen LogP contribution in [-0.4, -0.2) is 26.3 Å². The van der Waals surface area contributed by atoms with Crippen molar-refractivity contribution in [3.8, 4) is 11.5 Å². The fourth-order valence-corrected chi connectivity index (χ4v) is 2.04. The van der Waals surface area contributed by atoms with Gasteiger partial charge in [-0.25, -0.2) is 5.43 Å². The van der Waals surface area contributed by atoms with Gasteiger partial charge in [-0.15, -0.1) is 0 Å². The smallest absolute Gasteiger partial charge is 0.244 e. The van der Waals surface area contributed by atoms with Crippen LogP contribution in [0.3, 0.4) is 0 Å². The maximum atomic E-state index is 11.9. The Hall–Kier alpha value is -2.82. The second-order valence-electron chi connectivity index (χ2n) is 5.06. The van der Waals surface area contributed by atoms with Crippen LogP contribution in [0, 0.1) is 6.92 Å². The first-order chi connectivity index (χ1) is 11.1. The highest BCUT2D eigenvalue weighted by molar-refractivity contribution is 5.86. The molecule has 0 spiro atoms. The van der Waals surface area contributed by atoms with Crippen molar-refractivity contribution >= 4 is 12.1 Å². The van der Waals surface area contributed by atoms with Gasteiger partial charge in [-0.2, -0.15) is 5.10 Å². The van der Waals surface area contributed by atoms with E-state index in [0.29, 0.717) is 11.5 Å². The molecule has 2 aromatic carbocycles. The highest BCUT2D eigenvalue weighted by Gasteiger charge is 2.04. The summed E-state index contributed by atoms with van der Waals surface area (Å²) in [6, 6.07) is 13.2. The van der Waals surface area contributed by atoms with Crippen molar-refractivity contribution in [3.63, 3.8) is 0 Å². The number of nitrogens with one attached hydrogen (secondary N) is 1. The standard InChI is InChI=1S/C18H20N2O3/c1-13-4-6-14(7-5-13)10-18(21)20-19-12-15-11-16(22-2)8-9-17(15)23-3/h4-9,11-12H,10H2,1-3H3,(H,20,21)/b19-12-. The van der Waals surface area contributed by atoms with E-state index in [1.807, 2.05) is 31.2 Å². The van der Waals surface area contributed by atoms with Gasteiger partial charge < -0.3 is 9.47 Å². The van der Waals surface area contributed by atoms with Crippen LogP contribution in [0.1, 0.15) is 16.7 Å². The molecule has 0 unspecified atom stereocenters. The molecule has 1 N–H and O–H groups in total. The summed E-state index contributed by atoms with van der Waals surface area (Å²) in [5, 5.41) is 3.98. The second-order valence-corrected chi connectivity index (χ2v) is 5.06. The van der Waals surface area contributed by atoms with E-state index in [1.165, 1.54) is 6.21 Å². The quantitative estimate of drug-likeness (QED) is 0.659. The van der Waals surface area contributed by atoms with Crippen LogP contribution in [0.5, 0.6) is 11.5 Å². The lowest BCUT2D eigenvalue weighted by atomic mass is 10.1. The Labute approximate surface area is 135 Å². The third kappa shape index (κ3) is 4.85. The molecule has 0 aliphatic heterocycles. The lowest BCUT2D eigenvalue weighted by Gasteiger charge is -2.06. The molecule has 0 aliphatic rings. The predicted molar refractivity (Wildman–Crippen MR) is 90.2 cm³/mol. The lowest BCUT2D eigenvalue weighted by molar-refractivity contribution is -0.120. The number of methoxy groups -OCH3 is 2. The molecular weight excluding hydrogens is 292 g/mol. The Morgan fingerprint density at radius 2 is 1.87 bits per heavy atom. The van der Waals surface area contributed by atoms with Crippen LogP contribution in [0.2, 0.25) is 0 Å². The van der Waals surface area contributed by atoms with Gasteiger partial charge in [0, 0.05) is 5.56 Å². The van der Waals surface area contributed by atoms with E-state index in [9.17, 15) is 4.79 Å². The number of amides is 1. The monoisotopic (exact) mass is 312 g/mol. The molecule has 23 heavy (non-hydrogen) atoms. The molecule has 0 saturated carbocycles. The maximum Gasteiger partial charge on any atom is 0.244 e. The second kappa shape index (κ2) is 7.98. The van der Waals surface area contributed by atoms with Gasteiger partial charge in [0.05, 0.1) is 26.9 Å². The minimum absolute atomic E-state index is 0.174. The number of ether oxygens (including phenoxy) is 2. The van der Waals surface area contributed by atoms with E-state index >= 15 is 0 Å². The van der Waals surface area contributed by atoms with Crippen LogP contribution in [0.15, 0.2) is 47.6 Å². The number of hydrazone groups is 1. The molecule has 0 radical (unpaired) electrons. The number of benzene rings is 2. The first kappa shape index (κ1) is 16.5. The van der Waals surface area contributed by atoms with Crippen molar-refractivity contribution in [2.45, 2.75) is 13.3 Å². The van der Waals surface area contributed by atoms with E-state index in [4.69, 9.17) is 9.47 Å². The van der Waals surface area contributed by atoms with Gasteiger partial charge >= 0.3 is 0 Å². The highest BCUT2D eigenvalue weighted by Crippen LogP contribution is 2.22. The number of carbonyl (C=O) groups excluding carboxylic acids is 1. The van der Waals surface area contributed by atoms with Gasteiger partial charge in [-0.3, -0.25) is 4.79 Å². The molecule has 0 aliphatic carbocycles. The zero-order chi connectivity index (χ0) is 16.7. The van der Waals surface area contributed by atoms with Gasteiger partial charge in [-0.1, -0.05) is 29.8 Å². The van der Waals surface area contributed by atoms with Crippen LogP contribution in [0.25, 0.3) is 0 Å².